The Hall–Kier alpha value is -1.00. The summed E-state index contributed by atoms with van der Waals surface area (Å²) in [5.74, 6) is 0.742. The molecule has 0 spiro atoms. The van der Waals surface area contributed by atoms with Gasteiger partial charge in [-0.25, -0.2) is 4.79 Å². The molecular formula is C15H23NO2S. The summed E-state index contributed by atoms with van der Waals surface area (Å²) >= 11 is 1.69. The van der Waals surface area contributed by atoms with Crippen LogP contribution in [-0.4, -0.2) is 29.1 Å². The van der Waals surface area contributed by atoms with E-state index < -0.39 is 11.5 Å². The van der Waals surface area contributed by atoms with Gasteiger partial charge in [0, 0.05) is 5.75 Å². The molecular weight excluding hydrogens is 258 g/mol. The standard InChI is InChI=1S/C15H23NO2S/c1-3-10-16-15(14(17)18,12-19-11-4-2)13-8-6-5-7-9-13/h5-9,16H,3-4,10-12H2,1-2H3,(H,17,18). The maximum absolute atomic E-state index is 11.8. The molecule has 1 aromatic rings. The molecule has 0 saturated heterocycles. The molecule has 1 rings (SSSR count). The van der Waals surface area contributed by atoms with Crippen LogP contribution in [0.2, 0.25) is 0 Å². The monoisotopic (exact) mass is 281 g/mol. The highest BCUT2D eigenvalue weighted by molar-refractivity contribution is 7.99. The molecule has 0 aromatic heterocycles. The van der Waals surface area contributed by atoms with Gasteiger partial charge in [-0.3, -0.25) is 5.32 Å². The van der Waals surface area contributed by atoms with Gasteiger partial charge in [-0.05, 0) is 30.7 Å². The zero-order chi connectivity index (χ0) is 14.1. The van der Waals surface area contributed by atoms with Crippen LogP contribution >= 0.6 is 11.8 Å². The lowest BCUT2D eigenvalue weighted by Gasteiger charge is -2.31. The van der Waals surface area contributed by atoms with Crippen LogP contribution in [0.15, 0.2) is 30.3 Å². The highest BCUT2D eigenvalue weighted by Gasteiger charge is 2.39. The third-order valence-electron chi connectivity index (χ3n) is 2.98. The van der Waals surface area contributed by atoms with Gasteiger partial charge in [0.05, 0.1) is 0 Å². The number of hydrogen-bond donors (Lipinski definition) is 2. The second kappa shape index (κ2) is 8.23. The van der Waals surface area contributed by atoms with E-state index in [1.165, 1.54) is 0 Å². The van der Waals surface area contributed by atoms with Crippen LogP contribution in [0.25, 0.3) is 0 Å². The molecule has 0 bridgehead atoms. The number of nitrogens with one attached hydrogen (secondary N) is 1. The molecule has 1 atom stereocenters. The van der Waals surface area contributed by atoms with Crippen molar-refractivity contribution in [3.8, 4) is 0 Å². The van der Waals surface area contributed by atoms with E-state index in [9.17, 15) is 9.90 Å². The van der Waals surface area contributed by atoms with Crippen molar-refractivity contribution in [2.24, 2.45) is 0 Å². The first-order chi connectivity index (χ1) is 9.17. The summed E-state index contributed by atoms with van der Waals surface area (Å²) in [5, 5.41) is 13.0. The molecule has 0 heterocycles. The number of carbonyl (C=O) groups is 1. The summed E-state index contributed by atoms with van der Waals surface area (Å²) in [6.07, 6.45) is 1.98. The minimum Gasteiger partial charge on any atom is -0.480 e. The van der Waals surface area contributed by atoms with Gasteiger partial charge in [-0.2, -0.15) is 11.8 Å². The molecule has 0 aliphatic heterocycles. The fourth-order valence-electron chi connectivity index (χ4n) is 1.93. The van der Waals surface area contributed by atoms with Crippen molar-refractivity contribution in [1.29, 1.82) is 0 Å². The van der Waals surface area contributed by atoms with Crippen LogP contribution in [0.4, 0.5) is 0 Å². The van der Waals surface area contributed by atoms with Crippen LogP contribution in [0.3, 0.4) is 0 Å². The Morgan fingerprint density at radius 2 is 1.95 bits per heavy atom. The van der Waals surface area contributed by atoms with Gasteiger partial charge >= 0.3 is 5.97 Å². The Bertz CT molecular complexity index is 383. The van der Waals surface area contributed by atoms with Gasteiger partial charge in [0.15, 0.2) is 5.54 Å². The lowest BCUT2D eigenvalue weighted by atomic mass is 9.91. The highest BCUT2D eigenvalue weighted by Crippen LogP contribution is 2.27. The quantitative estimate of drug-likeness (QED) is 0.683. The first-order valence-electron chi connectivity index (χ1n) is 6.79. The average Bonchev–Trinajstić information content (AvgIpc) is 2.43. The Morgan fingerprint density at radius 1 is 1.26 bits per heavy atom. The topological polar surface area (TPSA) is 49.3 Å². The minimum absolute atomic E-state index is 0.556. The van der Waals surface area contributed by atoms with Gasteiger partial charge in [0.25, 0.3) is 0 Å². The lowest BCUT2D eigenvalue weighted by molar-refractivity contribution is -0.144. The van der Waals surface area contributed by atoms with Crippen molar-refractivity contribution >= 4 is 17.7 Å². The Labute approximate surface area is 119 Å². The molecule has 106 valence electrons. The van der Waals surface area contributed by atoms with Gasteiger partial charge < -0.3 is 5.11 Å². The van der Waals surface area contributed by atoms with E-state index in [0.717, 1.165) is 24.2 Å². The van der Waals surface area contributed by atoms with E-state index >= 15 is 0 Å². The fraction of sp³-hybridized carbons (Fsp3) is 0.533. The summed E-state index contributed by atoms with van der Waals surface area (Å²) in [6.45, 7) is 4.86. The first-order valence-corrected chi connectivity index (χ1v) is 7.94. The summed E-state index contributed by atoms with van der Waals surface area (Å²) in [5.41, 5.74) is -0.142. The second-order valence-corrected chi connectivity index (χ2v) is 5.66. The molecule has 2 N–H and O–H groups in total. The van der Waals surface area contributed by atoms with Crippen LogP contribution in [0.1, 0.15) is 32.3 Å². The molecule has 0 aliphatic rings. The fourth-order valence-corrected chi connectivity index (χ4v) is 3.06. The third-order valence-corrected chi connectivity index (χ3v) is 4.31. The normalized spacial score (nSPS) is 14.0. The summed E-state index contributed by atoms with van der Waals surface area (Å²) < 4.78 is 0. The van der Waals surface area contributed by atoms with Crippen molar-refractivity contribution < 1.29 is 9.90 Å². The molecule has 1 unspecified atom stereocenters. The van der Waals surface area contributed by atoms with Crippen molar-refractivity contribution in [1.82, 2.24) is 5.32 Å². The second-order valence-electron chi connectivity index (χ2n) is 4.56. The molecule has 1 aromatic carbocycles. The number of carboxylic acids is 1. The van der Waals surface area contributed by atoms with E-state index in [2.05, 4.69) is 12.2 Å². The third kappa shape index (κ3) is 4.25. The number of rotatable bonds is 9. The number of benzene rings is 1. The maximum atomic E-state index is 11.8. The first kappa shape index (κ1) is 16.1. The largest absolute Gasteiger partial charge is 0.480 e. The number of thioether (sulfide) groups is 1. The molecule has 0 radical (unpaired) electrons. The molecule has 0 amide bonds. The Kier molecular flexibility index (Phi) is 6.95. The summed E-state index contributed by atoms with van der Waals surface area (Å²) in [6, 6.07) is 9.48. The van der Waals surface area contributed by atoms with Crippen molar-refractivity contribution in [3.63, 3.8) is 0 Å². The zero-order valence-corrected chi connectivity index (χ0v) is 12.5. The lowest BCUT2D eigenvalue weighted by Crippen LogP contribution is -2.51. The number of carboxylic acid groups (broad SMARTS) is 1. The average molecular weight is 281 g/mol. The van der Waals surface area contributed by atoms with Crippen LogP contribution in [0.5, 0.6) is 0 Å². The Morgan fingerprint density at radius 3 is 2.47 bits per heavy atom. The number of aliphatic carboxylic acids is 1. The van der Waals surface area contributed by atoms with E-state index in [4.69, 9.17) is 0 Å². The molecule has 3 nitrogen and oxygen atoms in total. The molecule has 19 heavy (non-hydrogen) atoms. The Balaban J connectivity index is 3.00. The summed E-state index contributed by atoms with van der Waals surface area (Å²) in [7, 11) is 0. The van der Waals surface area contributed by atoms with E-state index in [1.54, 1.807) is 11.8 Å². The number of hydrogen-bond acceptors (Lipinski definition) is 3. The van der Waals surface area contributed by atoms with Crippen LogP contribution in [-0.2, 0) is 10.3 Å². The van der Waals surface area contributed by atoms with Crippen molar-refractivity contribution in [2.75, 3.05) is 18.1 Å². The summed E-state index contributed by atoms with van der Waals surface area (Å²) in [4.78, 5) is 11.8. The highest BCUT2D eigenvalue weighted by atomic mass is 32.2. The molecule has 4 heteroatoms. The smallest absolute Gasteiger partial charge is 0.329 e. The predicted molar refractivity (Wildman–Crippen MR) is 81.7 cm³/mol. The van der Waals surface area contributed by atoms with Gasteiger partial charge in [-0.1, -0.05) is 44.2 Å². The van der Waals surface area contributed by atoms with Crippen LogP contribution in [0, 0.1) is 0 Å². The van der Waals surface area contributed by atoms with Crippen molar-refractivity contribution in [3.05, 3.63) is 35.9 Å². The maximum Gasteiger partial charge on any atom is 0.329 e. The predicted octanol–water partition coefficient (Wildman–Crippen LogP) is 3.11. The molecule has 0 fully saturated rings. The van der Waals surface area contributed by atoms with E-state index in [1.807, 2.05) is 37.3 Å². The van der Waals surface area contributed by atoms with Gasteiger partial charge in [-0.15, -0.1) is 0 Å². The minimum atomic E-state index is -0.975. The molecule has 0 saturated carbocycles. The van der Waals surface area contributed by atoms with Gasteiger partial charge in [0.1, 0.15) is 0 Å². The molecule has 0 aliphatic carbocycles. The zero-order valence-electron chi connectivity index (χ0n) is 11.7. The van der Waals surface area contributed by atoms with E-state index in [0.29, 0.717) is 12.3 Å². The van der Waals surface area contributed by atoms with E-state index in [-0.39, 0.29) is 0 Å². The van der Waals surface area contributed by atoms with Crippen molar-refractivity contribution in [2.45, 2.75) is 32.2 Å². The van der Waals surface area contributed by atoms with Crippen LogP contribution < -0.4 is 5.32 Å². The SMILES string of the molecule is CCCNC(CSCCC)(C(=O)O)c1ccccc1. The van der Waals surface area contributed by atoms with Gasteiger partial charge in [0.2, 0.25) is 0 Å².